The van der Waals surface area contributed by atoms with Crippen LogP contribution in [0.4, 0.5) is 21.5 Å². The van der Waals surface area contributed by atoms with Crippen molar-refractivity contribution in [3.63, 3.8) is 0 Å². The van der Waals surface area contributed by atoms with Crippen LogP contribution >= 0.6 is 11.6 Å². The summed E-state index contributed by atoms with van der Waals surface area (Å²) in [6, 6.07) is 13.4. The fraction of sp³-hybridized carbons (Fsp3) is 0.250. The predicted molar refractivity (Wildman–Crippen MR) is 164 cm³/mol. The number of nitrogens with one attached hydrogen (secondary N) is 2. The van der Waals surface area contributed by atoms with Crippen molar-refractivity contribution in [2.75, 3.05) is 37.4 Å². The van der Waals surface area contributed by atoms with E-state index in [1.807, 2.05) is 4.90 Å². The van der Waals surface area contributed by atoms with Gasteiger partial charge in [0, 0.05) is 41.5 Å². The Labute approximate surface area is 254 Å². The lowest BCUT2D eigenvalue weighted by molar-refractivity contribution is -0.149. The maximum atomic E-state index is 15.1. The van der Waals surface area contributed by atoms with Gasteiger partial charge >= 0.3 is 5.97 Å². The number of likely N-dealkylation sites (tertiary alicyclic amines) is 1. The highest BCUT2D eigenvalue weighted by atomic mass is 35.5. The number of rotatable bonds is 9. The second-order valence-electron chi connectivity index (χ2n) is 9.63. The van der Waals surface area contributed by atoms with Gasteiger partial charge in [-0.25, -0.2) is 9.38 Å². The Balaban J connectivity index is 1.47. The molecular formula is C32H30ClFN4O5. The molecule has 0 unspecified atom stereocenters. The number of amides is 2. The largest absolute Gasteiger partial charge is 0.494 e. The van der Waals surface area contributed by atoms with E-state index in [4.69, 9.17) is 27.5 Å². The van der Waals surface area contributed by atoms with Gasteiger partial charge in [-0.15, -0.1) is 6.42 Å². The summed E-state index contributed by atoms with van der Waals surface area (Å²) in [4.78, 5) is 44.6. The van der Waals surface area contributed by atoms with Gasteiger partial charge in [0.15, 0.2) is 0 Å². The van der Waals surface area contributed by atoms with Crippen molar-refractivity contribution in [3.05, 3.63) is 82.1 Å². The molecule has 0 atom stereocenters. The number of carbonyl (C=O) groups is 3. The molecular weight excluding hydrogens is 575 g/mol. The molecule has 0 aromatic heterocycles. The lowest BCUT2D eigenvalue weighted by atomic mass is 9.97. The van der Waals surface area contributed by atoms with Crippen LogP contribution in [0.25, 0.3) is 0 Å². The summed E-state index contributed by atoms with van der Waals surface area (Å²) in [5.41, 5.74) is 1.17. The first-order valence-corrected chi connectivity index (χ1v) is 13.9. The summed E-state index contributed by atoms with van der Waals surface area (Å²) in [6.45, 7) is 3.37. The van der Waals surface area contributed by atoms with Crippen LogP contribution in [0.3, 0.4) is 0 Å². The number of methoxy groups -OCH3 is 1. The van der Waals surface area contributed by atoms with Gasteiger partial charge in [0.25, 0.3) is 11.8 Å². The molecule has 4 rings (SSSR count). The Hall–Kier alpha value is -4.88. The number of esters is 1. The molecule has 0 radical (unpaired) electrons. The van der Waals surface area contributed by atoms with Crippen LogP contribution in [-0.2, 0) is 9.53 Å². The minimum absolute atomic E-state index is 0.00656. The van der Waals surface area contributed by atoms with Crippen molar-refractivity contribution < 1.29 is 28.2 Å². The van der Waals surface area contributed by atoms with E-state index in [2.05, 4.69) is 21.5 Å². The number of hydrogen-bond donors (Lipinski definition) is 2. The zero-order chi connectivity index (χ0) is 30.9. The van der Waals surface area contributed by atoms with E-state index < -0.39 is 17.6 Å². The molecule has 1 fully saturated rings. The average Bonchev–Trinajstić information content (AvgIpc) is 3.01. The van der Waals surface area contributed by atoms with E-state index >= 15 is 4.39 Å². The van der Waals surface area contributed by atoms with E-state index in [0.29, 0.717) is 49.5 Å². The Morgan fingerprint density at radius 3 is 2.40 bits per heavy atom. The maximum absolute atomic E-state index is 15.1. The third-order valence-corrected chi connectivity index (χ3v) is 7.01. The number of anilines is 2. The number of piperidine rings is 1. The molecule has 1 aliphatic heterocycles. The Bertz CT molecular complexity index is 1580. The Kier molecular flexibility index (Phi) is 10.4. The van der Waals surface area contributed by atoms with Crippen LogP contribution in [0.5, 0.6) is 5.75 Å². The average molecular weight is 605 g/mol. The predicted octanol–water partition coefficient (Wildman–Crippen LogP) is 5.91. The molecule has 0 saturated carbocycles. The van der Waals surface area contributed by atoms with Crippen molar-refractivity contribution >= 4 is 52.8 Å². The number of aliphatic imine (C=N–C) groups is 1. The van der Waals surface area contributed by atoms with Gasteiger partial charge < -0.3 is 25.0 Å². The zero-order valence-corrected chi connectivity index (χ0v) is 24.4. The minimum Gasteiger partial charge on any atom is -0.494 e. The Morgan fingerprint density at radius 2 is 1.77 bits per heavy atom. The van der Waals surface area contributed by atoms with Crippen molar-refractivity contribution in [3.8, 4) is 18.1 Å². The quantitative estimate of drug-likeness (QED) is 0.136. The molecule has 1 heterocycles. The number of ether oxygens (including phenoxy) is 2. The maximum Gasteiger partial charge on any atom is 0.309 e. The van der Waals surface area contributed by atoms with Crippen LogP contribution in [0.15, 0.2) is 59.6 Å². The number of nitrogens with zero attached hydrogens (tertiary/aromatic N) is 2. The fourth-order valence-electron chi connectivity index (χ4n) is 4.51. The van der Waals surface area contributed by atoms with Crippen LogP contribution in [0.1, 0.15) is 46.0 Å². The molecule has 9 nitrogen and oxygen atoms in total. The van der Waals surface area contributed by atoms with Crippen LogP contribution < -0.4 is 15.4 Å². The number of benzene rings is 3. The van der Waals surface area contributed by atoms with Gasteiger partial charge in [-0.2, -0.15) is 0 Å². The normalized spacial score (nSPS) is 13.3. The molecule has 3 aromatic rings. The summed E-state index contributed by atoms with van der Waals surface area (Å²) in [5.74, 6) is 0.101. The monoisotopic (exact) mass is 604 g/mol. The SMILES string of the molecule is C#Cc1ccc(NC(=O)c2cc(Cl)cc(OC)c2NC(=O)c2ccc(/N=C/N3CCC(C(=O)OCC)CC3)cc2F)cc1. The number of halogens is 2. The standard InChI is InChI=1S/C32H30ClFN4O5/c1-4-20-6-8-23(9-7-20)36-31(40)26-16-22(33)17-28(42-3)29(26)37-30(39)25-11-10-24(18-27(25)34)35-19-38-14-12-21(13-15-38)32(41)43-5-2/h1,6-11,16-19,21H,5,12-15H2,2-3H3,(H,36,40)(H,37,39)/b35-19+. The van der Waals surface area contributed by atoms with E-state index in [1.165, 1.54) is 31.4 Å². The summed E-state index contributed by atoms with van der Waals surface area (Å²) < 4.78 is 25.5. The highest BCUT2D eigenvalue weighted by Gasteiger charge is 2.25. The van der Waals surface area contributed by atoms with Crippen LogP contribution in [0.2, 0.25) is 5.02 Å². The molecule has 0 spiro atoms. The van der Waals surface area contributed by atoms with Gasteiger partial charge in [-0.1, -0.05) is 17.5 Å². The number of hydrogen-bond acceptors (Lipinski definition) is 6. The van der Waals surface area contributed by atoms with Gasteiger partial charge in [0.05, 0.1) is 48.5 Å². The van der Waals surface area contributed by atoms with Crippen molar-refractivity contribution in [1.82, 2.24) is 4.90 Å². The number of terminal acetylenes is 1. The van der Waals surface area contributed by atoms with E-state index in [9.17, 15) is 14.4 Å². The molecule has 1 saturated heterocycles. The molecule has 3 aromatic carbocycles. The number of carbonyl (C=O) groups excluding carboxylic acids is 3. The summed E-state index contributed by atoms with van der Waals surface area (Å²) >= 11 is 6.21. The highest BCUT2D eigenvalue weighted by Crippen LogP contribution is 2.34. The van der Waals surface area contributed by atoms with Crippen LogP contribution in [0, 0.1) is 24.1 Å². The first-order valence-electron chi connectivity index (χ1n) is 13.5. The second-order valence-corrected chi connectivity index (χ2v) is 10.1. The van der Waals surface area contributed by atoms with E-state index in [1.54, 1.807) is 37.5 Å². The third-order valence-electron chi connectivity index (χ3n) is 6.80. The van der Waals surface area contributed by atoms with Crippen LogP contribution in [-0.4, -0.2) is 55.8 Å². The molecule has 2 amide bonds. The van der Waals surface area contributed by atoms with Gasteiger partial charge in [-0.05, 0) is 62.2 Å². The lowest BCUT2D eigenvalue weighted by Gasteiger charge is -2.29. The molecule has 0 aliphatic carbocycles. The van der Waals surface area contributed by atoms with Crippen molar-refractivity contribution in [1.29, 1.82) is 0 Å². The first-order chi connectivity index (χ1) is 20.7. The van der Waals surface area contributed by atoms with E-state index in [-0.39, 0.29) is 39.5 Å². The zero-order valence-electron chi connectivity index (χ0n) is 23.7. The minimum atomic E-state index is -0.805. The molecule has 1 aliphatic rings. The molecule has 0 bridgehead atoms. The van der Waals surface area contributed by atoms with E-state index in [0.717, 1.165) is 6.07 Å². The fourth-order valence-corrected chi connectivity index (χ4v) is 4.72. The molecule has 11 heteroatoms. The highest BCUT2D eigenvalue weighted by molar-refractivity contribution is 6.31. The smallest absolute Gasteiger partial charge is 0.309 e. The van der Waals surface area contributed by atoms with Crippen molar-refractivity contribution in [2.24, 2.45) is 10.9 Å². The third kappa shape index (κ3) is 7.90. The molecule has 43 heavy (non-hydrogen) atoms. The summed E-state index contributed by atoms with van der Waals surface area (Å²) in [6.07, 6.45) is 8.27. The molecule has 2 N–H and O–H groups in total. The summed E-state index contributed by atoms with van der Waals surface area (Å²) in [7, 11) is 1.36. The lowest BCUT2D eigenvalue weighted by Crippen LogP contribution is -2.36. The Morgan fingerprint density at radius 1 is 1.07 bits per heavy atom. The van der Waals surface area contributed by atoms with Gasteiger partial charge in [0.1, 0.15) is 11.6 Å². The second kappa shape index (κ2) is 14.3. The van der Waals surface area contributed by atoms with Gasteiger partial charge in [-0.3, -0.25) is 14.4 Å². The van der Waals surface area contributed by atoms with Crippen molar-refractivity contribution in [2.45, 2.75) is 19.8 Å². The molecule has 222 valence electrons. The van der Waals surface area contributed by atoms with Gasteiger partial charge in [0.2, 0.25) is 0 Å². The topological polar surface area (TPSA) is 109 Å². The first kappa shape index (κ1) is 31.1. The summed E-state index contributed by atoms with van der Waals surface area (Å²) in [5, 5.41) is 5.51.